The van der Waals surface area contributed by atoms with Gasteiger partial charge in [0.05, 0.1) is 83.6 Å². The van der Waals surface area contributed by atoms with E-state index >= 15 is 0 Å². The second-order valence-corrected chi connectivity index (χ2v) is 9.19. The van der Waals surface area contributed by atoms with Crippen LogP contribution in [0.25, 0.3) is 0 Å². The molecule has 1 atom stereocenters. The molecule has 14 heteroatoms. The third-order valence-corrected chi connectivity index (χ3v) is 6.39. The fourth-order valence-corrected chi connectivity index (χ4v) is 4.27. The van der Waals surface area contributed by atoms with Crippen LogP contribution >= 0.6 is 0 Å². The Morgan fingerprint density at radius 1 is 0.854 bits per heavy atom. The molecule has 0 radical (unpaired) electrons. The van der Waals surface area contributed by atoms with E-state index in [0.29, 0.717) is 71.7 Å². The van der Waals surface area contributed by atoms with E-state index in [2.05, 4.69) is 5.32 Å². The van der Waals surface area contributed by atoms with Gasteiger partial charge < -0.3 is 34.1 Å². The zero-order chi connectivity index (χ0) is 29.6. The molecule has 2 aliphatic rings. The molecular weight excluding hydrogens is 542 g/mol. The molecule has 2 N–H and O–H groups in total. The van der Waals surface area contributed by atoms with Crippen LogP contribution in [-0.4, -0.2) is 130 Å². The zero-order valence-corrected chi connectivity index (χ0v) is 23.1. The summed E-state index contributed by atoms with van der Waals surface area (Å²) in [4.78, 5) is 62.9. The van der Waals surface area contributed by atoms with Crippen LogP contribution in [0.15, 0.2) is 18.2 Å². The number of nitrogens with one attached hydrogen (secondary N) is 1. The highest BCUT2D eigenvalue weighted by Crippen LogP contribution is 2.33. The Morgan fingerprint density at radius 2 is 1.41 bits per heavy atom. The SMILES string of the molecule is CN1C(=O)CCC(N2C(=O)c3cccc(NCCOCCOCCOCCOCCOCCC(=O)O)c3C2=O)C1=O. The molecule has 0 spiro atoms. The summed E-state index contributed by atoms with van der Waals surface area (Å²) in [6.45, 7) is 3.93. The number of piperidine rings is 1. The van der Waals surface area contributed by atoms with Crippen LogP contribution in [0.2, 0.25) is 0 Å². The summed E-state index contributed by atoms with van der Waals surface area (Å²) in [5.41, 5.74) is 0.905. The van der Waals surface area contributed by atoms with E-state index in [9.17, 15) is 24.0 Å². The zero-order valence-electron chi connectivity index (χ0n) is 23.1. The summed E-state index contributed by atoms with van der Waals surface area (Å²) in [6.07, 6.45) is 0.173. The Bertz CT molecular complexity index is 1080. The van der Waals surface area contributed by atoms with Crippen molar-refractivity contribution in [3.05, 3.63) is 29.3 Å². The lowest BCUT2D eigenvalue weighted by atomic mass is 10.0. The second-order valence-electron chi connectivity index (χ2n) is 9.19. The van der Waals surface area contributed by atoms with E-state index in [-0.39, 0.29) is 42.9 Å². The lowest BCUT2D eigenvalue weighted by Crippen LogP contribution is -2.54. The van der Waals surface area contributed by atoms with E-state index in [4.69, 9.17) is 28.8 Å². The maximum Gasteiger partial charge on any atom is 0.305 e. The van der Waals surface area contributed by atoms with Crippen LogP contribution in [0, 0.1) is 0 Å². The largest absolute Gasteiger partial charge is 0.481 e. The summed E-state index contributed by atoms with van der Waals surface area (Å²) >= 11 is 0. The molecule has 14 nitrogen and oxygen atoms in total. The molecule has 0 bridgehead atoms. The highest BCUT2D eigenvalue weighted by atomic mass is 16.6. The minimum Gasteiger partial charge on any atom is -0.481 e. The van der Waals surface area contributed by atoms with Crippen LogP contribution in [0.4, 0.5) is 5.69 Å². The van der Waals surface area contributed by atoms with Crippen LogP contribution in [0.5, 0.6) is 0 Å². The van der Waals surface area contributed by atoms with E-state index < -0.39 is 29.7 Å². The van der Waals surface area contributed by atoms with Crippen LogP contribution < -0.4 is 5.32 Å². The topological polar surface area (TPSA) is 170 Å². The Balaban J connectivity index is 1.24. The minimum atomic E-state index is -0.997. The van der Waals surface area contributed by atoms with Gasteiger partial charge in [-0.2, -0.15) is 0 Å². The van der Waals surface area contributed by atoms with Gasteiger partial charge in [0.1, 0.15) is 6.04 Å². The van der Waals surface area contributed by atoms with Crippen molar-refractivity contribution in [3.63, 3.8) is 0 Å². The predicted molar refractivity (Wildman–Crippen MR) is 143 cm³/mol. The normalized spacial score (nSPS) is 17.0. The molecule has 4 amide bonds. The first-order valence-corrected chi connectivity index (χ1v) is 13.5. The molecule has 2 aliphatic heterocycles. The summed E-state index contributed by atoms with van der Waals surface area (Å²) in [5, 5.41) is 11.6. The number of aliphatic carboxylic acids is 1. The number of amides is 4. The van der Waals surface area contributed by atoms with E-state index in [0.717, 1.165) is 9.80 Å². The maximum absolute atomic E-state index is 13.2. The Hall–Kier alpha value is -3.43. The molecule has 1 saturated heterocycles. The molecule has 2 heterocycles. The van der Waals surface area contributed by atoms with Gasteiger partial charge in [-0.05, 0) is 18.6 Å². The number of rotatable bonds is 20. The monoisotopic (exact) mass is 579 g/mol. The van der Waals surface area contributed by atoms with E-state index in [1.54, 1.807) is 18.2 Å². The number of benzene rings is 1. The average molecular weight is 580 g/mol. The average Bonchev–Trinajstić information content (AvgIpc) is 3.21. The molecule has 0 aromatic heterocycles. The maximum atomic E-state index is 13.2. The second kappa shape index (κ2) is 16.7. The van der Waals surface area contributed by atoms with Crippen molar-refractivity contribution in [2.24, 2.45) is 0 Å². The van der Waals surface area contributed by atoms with Crippen molar-refractivity contribution in [2.75, 3.05) is 85.0 Å². The molecule has 0 saturated carbocycles. The Kier molecular flexibility index (Phi) is 13.1. The number of hydrogen-bond donors (Lipinski definition) is 2. The van der Waals surface area contributed by atoms with E-state index in [1.807, 2.05) is 0 Å². The molecule has 1 aromatic rings. The molecule has 1 unspecified atom stereocenters. The van der Waals surface area contributed by atoms with Crippen molar-refractivity contribution in [1.82, 2.24) is 9.80 Å². The van der Waals surface area contributed by atoms with Crippen molar-refractivity contribution in [3.8, 4) is 0 Å². The standard InChI is InChI=1S/C27H37N3O11/c1-29-22(31)6-5-21(26(29)35)30-25(34)19-3-2-4-20(24(19)27(30)36)28-8-10-38-12-14-40-16-18-41-17-15-39-13-11-37-9-7-23(32)33/h2-4,21,28H,5-18H2,1H3,(H,32,33). The van der Waals surface area contributed by atoms with Gasteiger partial charge in [-0.1, -0.05) is 6.07 Å². The molecule has 1 aromatic carbocycles. The number of anilines is 1. The first-order chi connectivity index (χ1) is 19.8. The third-order valence-electron chi connectivity index (χ3n) is 6.39. The quantitative estimate of drug-likeness (QED) is 0.161. The molecule has 0 aliphatic carbocycles. The van der Waals surface area contributed by atoms with Gasteiger partial charge in [-0.15, -0.1) is 0 Å². The number of likely N-dealkylation sites (N-methyl/N-ethyl adjacent to an activating group) is 1. The van der Waals surface area contributed by atoms with Crippen LogP contribution in [0.1, 0.15) is 40.0 Å². The number of carbonyl (C=O) groups excluding carboxylic acids is 4. The van der Waals surface area contributed by atoms with E-state index in [1.165, 1.54) is 7.05 Å². The van der Waals surface area contributed by atoms with Gasteiger partial charge in [0.15, 0.2) is 0 Å². The molecule has 41 heavy (non-hydrogen) atoms. The number of likely N-dealkylation sites (tertiary alicyclic amines) is 1. The minimum absolute atomic E-state index is 0.0274. The molecule has 3 rings (SSSR count). The fraction of sp³-hybridized carbons (Fsp3) is 0.593. The third kappa shape index (κ3) is 9.30. The number of nitrogens with zero attached hydrogens (tertiary/aromatic N) is 2. The summed E-state index contributed by atoms with van der Waals surface area (Å²) in [5.74, 6) is -2.89. The number of fused-ring (bicyclic) bond motifs is 1. The highest BCUT2D eigenvalue weighted by Gasteiger charge is 2.47. The fourth-order valence-electron chi connectivity index (χ4n) is 4.27. The number of carboxylic acid groups (broad SMARTS) is 1. The number of carbonyl (C=O) groups is 5. The van der Waals surface area contributed by atoms with Gasteiger partial charge in [-0.3, -0.25) is 33.8 Å². The Labute approximate surface area is 237 Å². The van der Waals surface area contributed by atoms with Crippen molar-refractivity contribution in [2.45, 2.75) is 25.3 Å². The van der Waals surface area contributed by atoms with Gasteiger partial charge in [0, 0.05) is 25.7 Å². The molecule has 1 fully saturated rings. The lowest BCUT2D eigenvalue weighted by Gasteiger charge is -2.32. The molecular formula is C27H37N3O11. The lowest BCUT2D eigenvalue weighted by molar-refractivity contribution is -0.149. The van der Waals surface area contributed by atoms with Crippen LogP contribution in [-0.2, 0) is 38.1 Å². The van der Waals surface area contributed by atoms with Gasteiger partial charge in [-0.25, -0.2) is 0 Å². The van der Waals surface area contributed by atoms with Crippen molar-refractivity contribution < 1.29 is 52.8 Å². The number of hydrogen-bond acceptors (Lipinski definition) is 11. The summed E-state index contributed by atoms with van der Waals surface area (Å²) in [7, 11) is 1.35. The Morgan fingerprint density at radius 3 is 2.00 bits per heavy atom. The van der Waals surface area contributed by atoms with Gasteiger partial charge in [0.25, 0.3) is 17.7 Å². The van der Waals surface area contributed by atoms with Gasteiger partial charge >= 0.3 is 5.97 Å². The number of imide groups is 2. The van der Waals surface area contributed by atoms with Crippen LogP contribution in [0.3, 0.4) is 0 Å². The first-order valence-electron chi connectivity index (χ1n) is 13.5. The first kappa shape index (κ1) is 32.1. The predicted octanol–water partition coefficient (Wildman–Crippen LogP) is 0.400. The van der Waals surface area contributed by atoms with Crippen molar-refractivity contribution in [1.29, 1.82) is 0 Å². The number of ether oxygens (including phenoxy) is 5. The molecule has 226 valence electrons. The smallest absolute Gasteiger partial charge is 0.305 e. The number of carboxylic acids is 1. The van der Waals surface area contributed by atoms with Gasteiger partial charge in [0.2, 0.25) is 5.91 Å². The van der Waals surface area contributed by atoms with Crippen molar-refractivity contribution >= 4 is 35.3 Å². The summed E-state index contributed by atoms with van der Waals surface area (Å²) < 4.78 is 26.8. The summed E-state index contributed by atoms with van der Waals surface area (Å²) in [6, 6.07) is 3.91. The highest BCUT2D eigenvalue weighted by molar-refractivity contribution is 6.25.